The number of hydrogen-bond acceptors (Lipinski definition) is 1. The summed E-state index contributed by atoms with van der Waals surface area (Å²) in [6.45, 7) is 0. The van der Waals surface area contributed by atoms with E-state index in [9.17, 15) is 0 Å². The molecule has 2 nitrogen and oxygen atoms in total. The van der Waals surface area contributed by atoms with E-state index in [4.69, 9.17) is 9.46 Å². The Bertz CT molecular complexity index is 394. The lowest BCUT2D eigenvalue weighted by molar-refractivity contribution is 0.524. The molecule has 0 saturated heterocycles. The first-order valence-electron chi connectivity index (χ1n) is 4.65. The fourth-order valence-electron chi connectivity index (χ4n) is 1.84. The molecule has 0 aliphatic heterocycles. The molecule has 15 heavy (non-hydrogen) atoms. The summed E-state index contributed by atoms with van der Waals surface area (Å²) in [4.78, 5) is 7.10. The predicted octanol–water partition coefficient (Wildman–Crippen LogP) is 2.98. The van der Waals surface area contributed by atoms with E-state index in [2.05, 4.69) is 48.5 Å². The molecule has 2 aromatic rings. The molecule has 0 amide bonds. The molecule has 1 aliphatic carbocycles. The zero-order valence-corrected chi connectivity index (χ0v) is 9.21. The summed E-state index contributed by atoms with van der Waals surface area (Å²) in [7, 11) is -1.50. The van der Waals surface area contributed by atoms with Crippen molar-refractivity contribution in [2.45, 2.75) is 0 Å². The summed E-state index contributed by atoms with van der Waals surface area (Å²) < 4.78 is 8.57. The average molecular weight is 218 g/mol. The number of benzene rings is 2. The zero-order chi connectivity index (χ0) is 10.7. The Kier molecular flexibility index (Phi) is 3.00. The molecule has 0 radical (unpaired) electrons. The quantitative estimate of drug-likeness (QED) is 0.589. The molecule has 3 heteroatoms. The van der Waals surface area contributed by atoms with Crippen LogP contribution in [-0.4, -0.2) is 4.89 Å². The third kappa shape index (κ3) is 1.74. The van der Waals surface area contributed by atoms with E-state index >= 15 is 0 Å². The topological polar surface area (TPSA) is 37.3 Å². The second kappa shape index (κ2) is 4.43. The first-order valence-corrected chi connectivity index (χ1v) is 5.64. The Morgan fingerprint density at radius 3 is 1.13 bits per heavy atom. The van der Waals surface area contributed by atoms with Crippen molar-refractivity contribution in [3.8, 4) is 22.3 Å². The largest absolute Gasteiger partial charge is 0.348 e. The van der Waals surface area contributed by atoms with E-state index in [1.807, 2.05) is 0 Å². The van der Waals surface area contributed by atoms with Crippen molar-refractivity contribution >= 4 is 8.69 Å². The maximum absolute atomic E-state index is 8.57. The normalized spacial score (nSPS) is 11.0. The van der Waals surface area contributed by atoms with Gasteiger partial charge >= 0.3 is 0 Å². The molecule has 0 saturated carbocycles. The lowest BCUT2D eigenvalue weighted by Gasteiger charge is -2.22. The molecule has 0 bridgehead atoms. The molecule has 0 aromatic heterocycles. The standard InChI is InChI=1S/C12H8.H3O2P/c1-2-6-10-9(5-1)11-7-3-4-8-12(10)11;1-3-2/h1-8H;3H2,(H,1,2). The highest BCUT2D eigenvalue weighted by molar-refractivity contribution is 7.16. The van der Waals surface area contributed by atoms with Crippen molar-refractivity contribution < 1.29 is 9.46 Å². The monoisotopic (exact) mass is 218 g/mol. The highest BCUT2D eigenvalue weighted by atomic mass is 31.1. The summed E-state index contributed by atoms with van der Waals surface area (Å²) in [5, 5.41) is 0. The van der Waals surface area contributed by atoms with Gasteiger partial charge in [-0.15, -0.1) is 0 Å². The first kappa shape index (κ1) is 10.2. The predicted molar refractivity (Wildman–Crippen MR) is 63.5 cm³/mol. The summed E-state index contributed by atoms with van der Waals surface area (Å²) in [6, 6.07) is 17.1. The summed E-state index contributed by atoms with van der Waals surface area (Å²) in [5.41, 5.74) is 5.59. The maximum atomic E-state index is 8.57. The van der Waals surface area contributed by atoms with Crippen LogP contribution in [0.2, 0.25) is 0 Å². The van der Waals surface area contributed by atoms with Crippen LogP contribution < -0.4 is 0 Å². The summed E-state index contributed by atoms with van der Waals surface area (Å²) in [6.07, 6.45) is 0. The van der Waals surface area contributed by atoms with Crippen LogP contribution >= 0.6 is 8.69 Å². The lowest BCUT2D eigenvalue weighted by Crippen LogP contribution is -1.96. The van der Waals surface area contributed by atoms with Gasteiger partial charge in [0.05, 0.1) is 0 Å². The third-order valence-corrected chi connectivity index (χ3v) is 2.43. The Labute approximate surface area is 89.5 Å². The van der Waals surface area contributed by atoms with E-state index < -0.39 is 8.69 Å². The van der Waals surface area contributed by atoms with Crippen molar-refractivity contribution in [2.75, 3.05) is 0 Å². The van der Waals surface area contributed by atoms with Gasteiger partial charge in [-0.2, -0.15) is 0 Å². The van der Waals surface area contributed by atoms with Crippen molar-refractivity contribution in [2.24, 2.45) is 0 Å². The molecular weight excluding hydrogens is 207 g/mol. The van der Waals surface area contributed by atoms with Gasteiger partial charge in [0.1, 0.15) is 0 Å². The Morgan fingerprint density at radius 1 is 0.733 bits per heavy atom. The summed E-state index contributed by atoms with van der Waals surface area (Å²) in [5.74, 6) is 0. The minimum absolute atomic E-state index is 1.40. The second-order valence-electron chi connectivity index (χ2n) is 3.20. The number of fused-ring (bicyclic) bond motifs is 4. The second-order valence-corrected chi connectivity index (χ2v) is 3.41. The van der Waals surface area contributed by atoms with E-state index in [1.165, 1.54) is 22.3 Å². The molecule has 2 aromatic carbocycles. The minimum Gasteiger partial charge on any atom is -0.348 e. The fourth-order valence-corrected chi connectivity index (χ4v) is 1.84. The van der Waals surface area contributed by atoms with Crippen molar-refractivity contribution in [3.63, 3.8) is 0 Å². The van der Waals surface area contributed by atoms with Gasteiger partial charge < -0.3 is 4.89 Å². The van der Waals surface area contributed by atoms with Crippen LogP contribution in [0.3, 0.4) is 0 Å². The molecule has 1 aliphatic rings. The first-order chi connectivity index (χ1) is 7.38. The molecule has 0 heterocycles. The van der Waals surface area contributed by atoms with E-state index in [0.717, 1.165) is 0 Å². The molecule has 1 N–H and O–H groups in total. The molecule has 0 fully saturated rings. The van der Waals surface area contributed by atoms with Crippen molar-refractivity contribution in [1.82, 2.24) is 0 Å². The van der Waals surface area contributed by atoms with E-state index in [1.54, 1.807) is 0 Å². The van der Waals surface area contributed by atoms with Crippen molar-refractivity contribution in [3.05, 3.63) is 48.5 Å². The highest BCUT2D eigenvalue weighted by Crippen LogP contribution is 2.46. The average Bonchev–Trinajstić information content (AvgIpc) is 2.27. The van der Waals surface area contributed by atoms with Gasteiger partial charge in [0.15, 0.2) is 8.69 Å². The van der Waals surface area contributed by atoms with Gasteiger partial charge in [0.25, 0.3) is 0 Å². The number of rotatable bonds is 0. The van der Waals surface area contributed by atoms with Crippen LogP contribution in [0.25, 0.3) is 22.3 Å². The van der Waals surface area contributed by atoms with E-state index in [-0.39, 0.29) is 0 Å². The van der Waals surface area contributed by atoms with E-state index in [0.29, 0.717) is 0 Å². The molecule has 0 spiro atoms. The molecular formula is C12H11O2P. The minimum atomic E-state index is -1.50. The Morgan fingerprint density at radius 2 is 0.933 bits per heavy atom. The molecule has 1 atom stereocenters. The summed E-state index contributed by atoms with van der Waals surface area (Å²) >= 11 is 0. The van der Waals surface area contributed by atoms with Crippen LogP contribution in [0.5, 0.6) is 0 Å². The number of hydrogen-bond donors (Lipinski definition) is 1. The molecule has 1 unspecified atom stereocenters. The van der Waals surface area contributed by atoms with Gasteiger partial charge in [-0.3, -0.25) is 4.57 Å². The van der Waals surface area contributed by atoms with Crippen molar-refractivity contribution in [1.29, 1.82) is 0 Å². The maximum Gasteiger partial charge on any atom is 0.177 e. The smallest absolute Gasteiger partial charge is 0.177 e. The Balaban J connectivity index is 0.000000258. The Hall–Kier alpha value is -1.37. The van der Waals surface area contributed by atoms with Gasteiger partial charge in [-0.1, -0.05) is 48.5 Å². The highest BCUT2D eigenvalue weighted by Gasteiger charge is 2.19. The van der Waals surface area contributed by atoms with Crippen LogP contribution in [0.15, 0.2) is 48.5 Å². The van der Waals surface area contributed by atoms with Gasteiger partial charge in [0.2, 0.25) is 0 Å². The van der Waals surface area contributed by atoms with Crippen LogP contribution in [-0.2, 0) is 4.57 Å². The third-order valence-electron chi connectivity index (χ3n) is 2.43. The van der Waals surface area contributed by atoms with Crippen LogP contribution in [0.4, 0.5) is 0 Å². The lowest BCUT2D eigenvalue weighted by atomic mass is 9.81. The van der Waals surface area contributed by atoms with Crippen LogP contribution in [0, 0.1) is 0 Å². The van der Waals surface area contributed by atoms with Gasteiger partial charge in [0, 0.05) is 0 Å². The molecule has 3 rings (SSSR count). The van der Waals surface area contributed by atoms with Crippen LogP contribution in [0.1, 0.15) is 0 Å². The molecule has 76 valence electrons. The fraction of sp³-hybridized carbons (Fsp3) is 0. The zero-order valence-electron chi connectivity index (χ0n) is 8.05. The SMILES string of the molecule is O=[PH2]O.c1ccc2c(c1)-c1ccccc1-2. The van der Waals surface area contributed by atoms with Gasteiger partial charge in [-0.25, -0.2) is 0 Å². The van der Waals surface area contributed by atoms with Gasteiger partial charge in [-0.05, 0) is 22.3 Å².